The highest BCUT2D eigenvalue weighted by Gasteiger charge is 2.20. The van der Waals surface area contributed by atoms with Crippen molar-refractivity contribution < 1.29 is 14.3 Å². The molecule has 3 aromatic carbocycles. The number of fused-ring (bicyclic) bond motifs is 1. The molecule has 0 spiro atoms. The highest BCUT2D eigenvalue weighted by molar-refractivity contribution is 5.96. The van der Waals surface area contributed by atoms with Gasteiger partial charge in [0.2, 0.25) is 0 Å². The Morgan fingerprint density at radius 2 is 1.48 bits per heavy atom. The van der Waals surface area contributed by atoms with E-state index in [1.807, 2.05) is 84.9 Å². The van der Waals surface area contributed by atoms with Crippen LogP contribution in [0.5, 0.6) is 11.5 Å². The Balaban J connectivity index is 1.60. The summed E-state index contributed by atoms with van der Waals surface area (Å²) in [5, 5.41) is 4.49. The van der Waals surface area contributed by atoms with Gasteiger partial charge in [0.1, 0.15) is 17.1 Å². The zero-order valence-electron chi connectivity index (χ0n) is 18.0. The Morgan fingerprint density at radius 1 is 0.818 bits per heavy atom. The molecular formula is C27H21N3O3. The molecule has 6 heteroatoms. The summed E-state index contributed by atoms with van der Waals surface area (Å²) in [6.45, 7) is 2.06. The number of carbonyl (C=O) groups excluding carboxylic acids is 1. The summed E-state index contributed by atoms with van der Waals surface area (Å²) in [5.74, 6) is 1.08. The van der Waals surface area contributed by atoms with Crippen LogP contribution in [0.4, 0.5) is 0 Å². The van der Waals surface area contributed by atoms with Crippen molar-refractivity contribution in [3.8, 4) is 33.9 Å². The van der Waals surface area contributed by atoms with E-state index < -0.39 is 5.97 Å². The van der Waals surface area contributed by atoms with Gasteiger partial charge in [0.25, 0.3) is 0 Å². The van der Waals surface area contributed by atoms with Gasteiger partial charge >= 0.3 is 5.97 Å². The molecule has 2 heterocycles. The number of para-hydroxylation sites is 1. The summed E-state index contributed by atoms with van der Waals surface area (Å²) in [6, 6.07) is 27.4. The van der Waals surface area contributed by atoms with Gasteiger partial charge < -0.3 is 9.47 Å². The molecule has 5 aromatic rings. The van der Waals surface area contributed by atoms with Crippen LogP contribution in [0.1, 0.15) is 17.3 Å². The van der Waals surface area contributed by atoms with E-state index in [0.29, 0.717) is 11.2 Å². The predicted molar refractivity (Wildman–Crippen MR) is 126 cm³/mol. The molecule has 0 aliphatic rings. The number of rotatable bonds is 6. The van der Waals surface area contributed by atoms with Gasteiger partial charge in [-0.05, 0) is 36.8 Å². The van der Waals surface area contributed by atoms with Gasteiger partial charge in [-0.3, -0.25) is 0 Å². The van der Waals surface area contributed by atoms with E-state index in [4.69, 9.17) is 9.47 Å². The second-order valence-electron chi connectivity index (χ2n) is 7.34. The van der Waals surface area contributed by atoms with E-state index in [0.717, 1.165) is 33.9 Å². The van der Waals surface area contributed by atoms with Crippen LogP contribution in [0.2, 0.25) is 0 Å². The van der Waals surface area contributed by atoms with Crippen LogP contribution < -0.4 is 4.74 Å². The minimum atomic E-state index is -0.436. The monoisotopic (exact) mass is 435 g/mol. The van der Waals surface area contributed by atoms with Gasteiger partial charge in [-0.1, -0.05) is 60.7 Å². The van der Waals surface area contributed by atoms with E-state index in [1.54, 1.807) is 17.6 Å². The molecule has 0 saturated carbocycles. The summed E-state index contributed by atoms with van der Waals surface area (Å²) >= 11 is 0. The zero-order chi connectivity index (χ0) is 22.6. The van der Waals surface area contributed by atoms with Crippen LogP contribution in [-0.2, 0) is 4.74 Å². The summed E-state index contributed by atoms with van der Waals surface area (Å²) in [6.07, 6.45) is 3.28. The molecule has 6 nitrogen and oxygen atoms in total. The number of carbonyl (C=O) groups is 1. The van der Waals surface area contributed by atoms with Crippen molar-refractivity contribution in [2.45, 2.75) is 6.92 Å². The van der Waals surface area contributed by atoms with Crippen LogP contribution in [0, 0.1) is 0 Å². The summed E-state index contributed by atoms with van der Waals surface area (Å²) in [5.41, 5.74) is 4.44. The molecule has 0 amide bonds. The number of hydrogen-bond donors (Lipinski definition) is 0. The van der Waals surface area contributed by atoms with Crippen molar-refractivity contribution in [2.24, 2.45) is 0 Å². The fourth-order valence-corrected chi connectivity index (χ4v) is 3.70. The molecule has 0 atom stereocenters. The largest absolute Gasteiger partial charge is 0.462 e. The Morgan fingerprint density at radius 3 is 2.18 bits per heavy atom. The Hall–Kier alpha value is -4.45. The number of nitrogens with zero attached hydrogens (tertiary/aromatic N) is 3. The first-order chi connectivity index (χ1) is 16.2. The van der Waals surface area contributed by atoms with Crippen molar-refractivity contribution in [1.29, 1.82) is 0 Å². The highest BCUT2D eigenvalue weighted by Crippen LogP contribution is 2.34. The predicted octanol–water partition coefficient (Wildman–Crippen LogP) is 6.03. The van der Waals surface area contributed by atoms with Crippen LogP contribution in [0.25, 0.3) is 28.0 Å². The van der Waals surface area contributed by atoms with Crippen molar-refractivity contribution in [1.82, 2.24) is 14.6 Å². The summed E-state index contributed by atoms with van der Waals surface area (Å²) < 4.78 is 12.8. The smallest absolute Gasteiger partial charge is 0.343 e. The minimum absolute atomic E-state index is 0.289. The Labute approximate surface area is 191 Å². The van der Waals surface area contributed by atoms with Crippen LogP contribution in [0.15, 0.2) is 97.3 Å². The van der Waals surface area contributed by atoms with E-state index >= 15 is 0 Å². The molecule has 0 N–H and O–H groups in total. The molecule has 2 aromatic heterocycles. The molecule has 162 valence electrons. The van der Waals surface area contributed by atoms with Crippen molar-refractivity contribution in [3.63, 3.8) is 0 Å². The third kappa shape index (κ3) is 4.06. The topological polar surface area (TPSA) is 65.7 Å². The lowest BCUT2D eigenvalue weighted by molar-refractivity contribution is 0.0528. The Bertz CT molecular complexity index is 1400. The minimum Gasteiger partial charge on any atom is -0.462 e. The number of benzene rings is 3. The van der Waals surface area contributed by atoms with Gasteiger partial charge in [0.05, 0.1) is 18.5 Å². The van der Waals surface area contributed by atoms with Crippen molar-refractivity contribution in [3.05, 3.63) is 103 Å². The molecule has 5 rings (SSSR count). The second-order valence-corrected chi connectivity index (χ2v) is 7.34. The lowest BCUT2D eigenvalue weighted by atomic mass is 10.0. The van der Waals surface area contributed by atoms with Crippen LogP contribution in [-0.4, -0.2) is 27.2 Å². The van der Waals surface area contributed by atoms with Gasteiger partial charge in [0.15, 0.2) is 5.65 Å². The van der Waals surface area contributed by atoms with E-state index in [2.05, 4.69) is 10.1 Å². The maximum atomic E-state index is 12.4. The van der Waals surface area contributed by atoms with Crippen molar-refractivity contribution in [2.75, 3.05) is 6.61 Å². The average Bonchev–Trinajstić information content (AvgIpc) is 3.30. The standard InChI is InChI=1S/C27H21N3O3/c1-2-32-27(31)24-18-29-30-25(20-9-5-3-6-10-20)23(17-28-26(24)30)19-13-15-22(16-14-19)33-21-11-7-4-8-12-21/h3-18H,2H2,1H3. The molecule has 0 unspecified atom stereocenters. The molecular weight excluding hydrogens is 414 g/mol. The van der Waals surface area contributed by atoms with E-state index in [9.17, 15) is 4.79 Å². The van der Waals surface area contributed by atoms with Gasteiger partial charge in [-0.2, -0.15) is 5.10 Å². The van der Waals surface area contributed by atoms with E-state index in [1.165, 1.54) is 6.20 Å². The number of ether oxygens (including phenoxy) is 2. The molecule has 0 saturated heterocycles. The normalized spacial score (nSPS) is 10.8. The average molecular weight is 435 g/mol. The van der Waals surface area contributed by atoms with Crippen molar-refractivity contribution >= 4 is 11.6 Å². The van der Waals surface area contributed by atoms with Gasteiger partial charge in [-0.15, -0.1) is 0 Å². The quantitative estimate of drug-likeness (QED) is 0.305. The highest BCUT2D eigenvalue weighted by atomic mass is 16.5. The number of esters is 1. The number of hydrogen-bond acceptors (Lipinski definition) is 5. The SMILES string of the molecule is CCOC(=O)c1cnn2c(-c3ccccc3)c(-c3ccc(Oc4ccccc4)cc3)cnc12. The van der Waals surface area contributed by atoms with Crippen LogP contribution in [0.3, 0.4) is 0 Å². The third-order valence-corrected chi connectivity index (χ3v) is 5.21. The maximum Gasteiger partial charge on any atom is 0.343 e. The molecule has 0 aliphatic carbocycles. The summed E-state index contributed by atoms with van der Waals surface area (Å²) in [7, 11) is 0. The first kappa shape index (κ1) is 20.5. The van der Waals surface area contributed by atoms with E-state index in [-0.39, 0.29) is 6.61 Å². The van der Waals surface area contributed by atoms with Gasteiger partial charge in [0, 0.05) is 17.3 Å². The molecule has 0 aliphatic heterocycles. The molecule has 0 radical (unpaired) electrons. The fourth-order valence-electron chi connectivity index (χ4n) is 3.70. The van der Waals surface area contributed by atoms with Crippen LogP contribution >= 0.6 is 0 Å². The molecule has 0 bridgehead atoms. The molecule has 33 heavy (non-hydrogen) atoms. The summed E-state index contributed by atoms with van der Waals surface area (Å²) in [4.78, 5) is 16.9. The number of aromatic nitrogens is 3. The third-order valence-electron chi connectivity index (χ3n) is 5.21. The van der Waals surface area contributed by atoms with Gasteiger partial charge in [-0.25, -0.2) is 14.3 Å². The second kappa shape index (κ2) is 8.96. The first-order valence-electron chi connectivity index (χ1n) is 10.7. The Kier molecular flexibility index (Phi) is 5.55. The lowest BCUT2D eigenvalue weighted by Gasteiger charge is -2.13. The maximum absolute atomic E-state index is 12.4. The fraction of sp³-hybridized carbons (Fsp3) is 0.0741. The molecule has 0 fully saturated rings. The zero-order valence-corrected chi connectivity index (χ0v) is 18.0. The first-order valence-corrected chi connectivity index (χ1v) is 10.7. The lowest BCUT2D eigenvalue weighted by Crippen LogP contribution is -2.06.